The quantitative estimate of drug-likeness (QED) is 0.815. The van der Waals surface area contributed by atoms with Gasteiger partial charge in [-0.2, -0.15) is 0 Å². The molecule has 1 amide bonds. The summed E-state index contributed by atoms with van der Waals surface area (Å²) in [6, 6.07) is 5.66. The van der Waals surface area contributed by atoms with E-state index < -0.39 is 0 Å². The van der Waals surface area contributed by atoms with Crippen molar-refractivity contribution < 1.29 is 9.59 Å². The zero-order valence-corrected chi connectivity index (χ0v) is 10.4. The summed E-state index contributed by atoms with van der Waals surface area (Å²) in [6.07, 6.45) is 2.18. The fourth-order valence-electron chi connectivity index (χ4n) is 1.89. The molecule has 0 radical (unpaired) electrons. The standard InChI is InChI=1S/C12H14N2O2S/c1-9(15)17-11-6-12(16)14(8-11)7-10-4-2-3-5-13-10/h2-5,11H,6-8H2,1H3. The van der Waals surface area contributed by atoms with Crippen molar-refractivity contribution in [3.05, 3.63) is 30.1 Å². The zero-order chi connectivity index (χ0) is 12.3. The second kappa shape index (κ2) is 5.31. The van der Waals surface area contributed by atoms with E-state index in [2.05, 4.69) is 4.98 Å². The minimum atomic E-state index is 0.0717. The number of nitrogens with zero attached hydrogens (tertiary/aromatic N) is 2. The van der Waals surface area contributed by atoms with Gasteiger partial charge in [0.15, 0.2) is 5.12 Å². The van der Waals surface area contributed by atoms with Crippen LogP contribution in [0.3, 0.4) is 0 Å². The molecule has 90 valence electrons. The third-order valence-corrected chi connectivity index (χ3v) is 3.57. The fraction of sp³-hybridized carbons (Fsp3) is 0.417. The predicted octanol–water partition coefficient (Wildman–Crippen LogP) is 1.46. The van der Waals surface area contributed by atoms with Crippen molar-refractivity contribution in [3.63, 3.8) is 0 Å². The molecule has 1 saturated heterocycles. The lowest BCUT2D eigenvalue weighted by atomic mass is 10.3. The highest BCUT2D eigenvalue weighted by molar-refractivity contribution is 8.14. The minimum absolute atomic E-state index is 0.0717. The Morgan fingerprint density at radius 3 is 3.06 bits per heavy atom. The van der Waals surface area contributed by atoms with Gasteiger partial charge in [0.2, 0.25) is 5.91 Å². The Balaban J connectivity index is 1.95. The first-order valence-corrected chi connectivity index (χ1v) is 6.38. The number of thioether (sulfide) groups is 1. The second-order valence-electron chi connectivity index (χ2n) is 4.03. The van der Waals surface area contributed by atoms with Crippen molar-refractivity contribution in [3.8, 4) is 0 Å². The van der Waals surface area contributed by atoms with E-state index in [1.54, 1.807) is 11.1 Å². The van der Waals surface area contributed by atoms with Crippen molar-refractivity contribution in [1.82, 2.24) is 9.88 Å². The molecule has 5 heteroatoms. The van der Waals surface area contributed by atoms with Crippen LogP contribution in [0.2, 0.25) is 0 Å². The van der Waals surface area contributed by atoms with E-state index in [0.29, 0.717) is 19.5 Å². The fourth-order valence-corrected chi connectivity index (χ4v) is 2.84. The van der Waals surface area contributed by atoms with E-state index in [1.165, 1.54) is 18.7 Å². The van der Waals surface area contributed by atoms with E-state index in [0.717, 1.165) is 5.69 Å². The Hall–Kier alpha value is -1.36. The van der Waals surface area contributed by atoms with Gasteiger partial charge < -0.3 is 4.90 Å². The summed E-state index contributed by atoms with van der Waals surface area (Å²) in [7, 11) is 0. The van der Waals surface area contributed by atoms with Crippen LogP contribution in [0.5, 0.6) is 0 Å². The van der Waals surface area contributed by atoms with Gasteiger partial charge in [0, 0.05) is 31.3 Å². The Kier molecular flexibility index (Phi) is 3.78. The first kappa shape index (κ1) is 12.1. The molecule has 0 spiro atoms. The van der Waals surface area contributed by atoms with Crippen LogP contribution in [0.4, 0.5) is 0 Å². The third kappa shape index (κ3) is 3.30. The molecule has 0 saturated carbocycles. The maximum absolute atomic E-state index is 11.7. The molecule has 1 aromatic heterocycles. The van der Waals surface area contributed by atoms with Gasteiger partial charge in [-0.05, 0) is 12.1 Å². The predicted molar refractivity (Wildman–Crippen MR) is 66.3 cm³/mol. The summed E-state index contributed by atoms with van der Waals surface area (Å²) in [5, 5.41) is 0.172. The summed E-state index contributed by atoms with van der Waals surface area (Å²) in [4.78, 5) is 28.7. The SMILES string of the molecule is CC(=O)SC1CC(=O)N(Cc2ccccn2)C1. The summed E-state index contributed by atoms with van der Waals surface area (Å²) in [5.74, 6) is 0.106. The number of amides is 1. The summed E-state index contributed by atoms with van der Waals surface area (Å²) < 4.78 is 0. The minimum Gasteiger partial charge on any atom is -0.336 e. The first-order valence-electron chi connectivity index (χ1n) is 5.50. The molecule has 1 aromatic rings. The topological polar surface area (TPSA) is 50.3 Å². The summed E-state index contributed by atoms with van der Waals surface area (Å²) in [6.45, 7) is 2.71. The molecular weight excluding hydrogens is 236 g/mol. The highest BCUT2D eigenvalue weighted by atomic mass is 32.2. The molecule has 1 fully saturated rings. The molecule has 1 aliphatic heterocycles. The van der Waals surface area contributed by atoms with Crippen LogP contribution in [-0.2, 0) is 16.1 Å². The highest BCUT2D eigenvalue weighted by Crippen LogP contribution is 2.25. The van der Waals surface area contributed by atoms with Crippen LogP contribution in [0, 0.1) is 0 Å². The van der Waals surface area contributed by atoms with Crippen molar-refractivity contribution in [2.75, 3.05) is 6.54 Å². The van der Waals surface area contributed by atoms with Gasteiger partial charge in [-0.3, -0.25) is 14.6 Å². The molecule has 0 N–H and O–H groups in total. The number of hydrogen-bond donors (Lipinski definition) is 0. The molecule has 0 aliphatic carbocycles. The number of carbonyl (C=O) groups excluding carboxylic acids is 2. The molecule has 4 nitrogen and oxygen atoms in total. The summed E-state index contributed by atoms with van der Waals surface area (Å²) in [5.41, 5.74) is 0.884. The molecule has 2 rings (SSSR count). The lowest BCUT2D eigenvalue weighted by molar-refractivity contribution is -0.128. The van der Waals surface area contributed by atoms with Crippen LogP contribution in [-0.4, -0.2) is 32.7 Å². The van der Waals surface area contributed by atoms with Gasteiger partial charge in [0.25, 0.3) is 0 Å². The lowest BCUT2D eigenvalue weighted by Gasteiger charge is -2.15. The molecular formula is C12H14N2O2S. The maximum Gasteiger partial charge on any atom is 0.224 e. The normalized spacial score (nSPS) is 19.7. The average Bonchev–Trinajstić information content (AvgIpc) is 2.59. The average molecular weight is 250 g/mol. The molecule has 1 unspecified atom stereocenters. The Morgan fingerprint density at radius 2 is 2.41 bits per heavy atom. The third-order valence-electron chi connectivity index (χ3n) is 2.59. The Labute approximate surface area is 104 Å². The number of hydrogen-bond acceptors (Lipinski definition) is 4. The number of aromatic nitrogens is 1. The monoisotopic (exact) mass is 250 g/mol. The highest BCUT2D eigenvalue weighted by Gasteiger charge is 2.30. The molecule has 0 bridgehead atoms. The van der Waals surface area contributed by atoms with Gasteiger partial charge in [0.1, 0.15) is 0 Å². The van der Waals surface area contributed by atoms with E-state index in [-0.39, 0.29) is 16.3 Å². The van der Waals surface area contributed by atoms with Crippen molar-refractivity contribution in [2.24, 2.45) is 0 Å². The molecule has 17 heavy (non-hydrogen) atoms. The van der Waals surface area contributed by atoms with Crippen LogP contribution >= 0.6 is 11.8 Å². The molecule has 1 atom stereocenters. The largest absolute Gasteiger partial charge is 0.336 e. The molecule has 2 heterocycles. The zero-order valence-electron chi connectivity index (χ0n) is 9.63. The lowest BCUT2D eigenvalue weighted by Crippen LogP contribution is -2.25. The van der Waals surface area contributed by atoms with E-state index in [9.17, 15) is 9.59 Å². The van der Waals surface area contributed by atoms with Crippen molar-refractivity contribution >= 4 is 22.8 Å². The van der Waals surface area contributed by atoms with Gasteiger partial charge in [-0.15, -0.1) is 0 Å². The van der Waals surface area contributed by atoms with Gasteiger partial charge >= 0.3 is 0 Å². The Morgan fingerprint density at radius 1 is 1.59 bits per heavy atom. The van der Waals surface area contributed by atoms with Crippen LogP contribution < -0.4 is 0 Å². The van der Waals surface area contributed by atoms with Gasteiger partial charge in [-0.25, -0.2) is 0 Å². The smallest absolute Gasteiger partial charge is 0.224 e. The number of carbonyl (C=O) groups is 2. The molecule has 1 aliphatic rings. The summed E-state index contributed by atoms with van der Waals surface area (Å²) >= 11 is 1.26. The van der Waals surface area contributed by atoms with E-state index in [1.807, 2.05) is 18.2 Å². The van der Waals surface area contributed by atoms with E-state index in [4.69, 9.17) is 0 Å². The number of likely N-dealkylation sites (tertiary alicyclic amines) is 1. The van der Waals surface area contributed by atoms with Crippen LogP contribution in [0.25, 0.3) is 0 Å². The molecule has 0 aromatic carbocycles. The van der Waals surface area contributed by atoms with Crippen LogP contribution in [0.1, 0.15) is 19.0 Å². The number of rotatable bonds is 3. The first-order chi connectivity index (χ1) is 8.15. The van der Waals surface area contributed by atoms with Gasteiger partial charge in [0.05, 0.1) is 12.2 Å². The van der Waals surface area contributed by atoms with Crippen LogP contribution in [0.15, 0.2) is 24.4 Å². The Bertz CT molecular complexity index is 422. The maximum atomic E-state index is 11.7. The second-order valence-corrected chi connectivity index (χ2v) is 5.51. The van der Waals surface area contributed by atoms with E-state index >= 15 is 0 Å². The van der Waals surface area contributed by atoms with Crippen molar-refractivity contribution in [2.45, 2.75) is 25.1 Å². The van der Waals surface area contributed by atoms with Gasteiger partial charge in [-0.1, -0.05) is 17.8 Å². The number of pyridine rings is 1. The van der Waals surface area contributed by atoms with Crippen molar-refractivity contribution in [1.29, 1.82) is 0 Å².